The van der Waals surface area contributed by atoms with Crippen LogP contribution in [0.4, 0.5) is 11.4 Å². The number of aromatic nitrogens is 2. The third kappa shape index (κ3) is 4.25. The molecule has 0 atom stereocenters. The Balaban J connectivity index is 1.90. The molecule has 0 radical (unpaired) electrons. The molecule has 1 fully saturated rings. The molecule has 0 unspecified atom stereocenters. The van der Waals surface area contributed by atoms with Gasteiger partial charge in [-0.3, -0.25) is 9.59 Å². The number of carbonyl (C=O) groups excluding carboxylic acids is 1. The molecular formula is C21H28N4O3. The highest BCUT2D eigenvalue weighted by Crippen LogP contribution is 2.24. The van der Waals surface area contributed by atoms with Crippen molar-refractivity contribution in [2.45, 2.75) is 39.7 Å². The monoisotopic (exact) mass is 384 g/mol. The van der Waals surface area contributed by atoms with E-state index in [1.807, 2.05) is 36.1 Å². The average molecular weight is 384 g/mol. The number of carbonyl (C=O) groups is 1. The molecule has 3 rings (SSSR count). The summed E-state index contributed by atoms with van der Waals surface area (Å²) in [5, 5.41) is 7.05. The zero-order valence-corrected chi connectivity index (χ0v) is 17.0. The lowest BCUT2D eigenvalue weighted by molar-refractivity contribution is 0.102. The van der Waals surface area contributed by atoms with Crippen molar-refractivity contribution in [2.75, 3.05) is 36.5 Å². The molecule has 2 heterocycles. The summed E-state index contributed by atoms with van der Waals surface area (Å²) in [6.07, 6.45) is 1.55. The molecule has 1 amide bonds. The summed E-state index contributed by atoms with van der Waals surface area (Å²) in [7, 11) is 0. The van der Waals surface area contributed by atoms with Gasteiger partial charge in [-0.25, -0.2) is 4.68 Å². The number of anilines is 2. The maximum absolute atomic E-state index is 12.9. The van der Waals surface area contributed by atoms with E-state index in [-0.39, 0.29) is 16.9 Å². The van der Waals surface area contributed by atoms with E-state index >= 15 is 0 Å². The fourth-order valence-corrected chi connectivity index (χ4v) is 3.20. The standard InChI is InChI=1S/C21H28N4O3/c1-5-25-20(27)18(24-10-12-28-13-11-24)17(14-22-25)23-19(26)15-6-8-16(9-7-15)21(2,3)4/h6-9,14H,5,10-13H2,1-4H3,(H,23,26). The van der Waals surface area contributed by atoms with E-state index in [2.05, 4.69) is 31.2 Å². The smallest absolute Gasteiger partial charge is 0.292 e. The lowest BCUT2D eigenvalue weighted by atomic mass is 9.87. The molecule has 1 aromatic carbocycles. The van der Waals surface area contributed by atoms with Crippen molar-refractivity contribution in [1.29, 1.82) is 0 Å². The molecule has 1 saturated heterocycles. The highest BCUT2D eigenvalue weighted by atomic mass is 16.5. The number of benzene rings is 1. The van der Waals surface area contributed by atoms with Crippen molar-refractivity contribution >= 4 is 17.3 Å². The first-order chi connectivity index (χ1) is 13.3. The van der Waals surface area contributed by atoms with Gasteiger partial charge in [0.1, 0.15) is 5.69 Å². The van der Waals surface area contributed by atoms with Crippen LogP contribution in [0.3, 0.4) is 0 Å². The molecule has 0 saturated carbocycles. The van der Waals surface area contributed by atoms with Crippen LogP contribution in [0, 0.1) is 0 Å². The van der Waals surface area contributed by atoms with Gasteiger partial charge in [0.15, 0.2) is 0 Å². The van der Waals surface area contributed by atoms with Gasteiger partial charge >= 0.3 is 0 Å². The first kappa shape index (κ1) is 20.1. The minimum atomic E-state index is -0.259. The van der Waals surface area contributed by atoms with Crippen LogP contribution in [0.2, 0.25) is 0 Å². The van der Waals surface area contributed by atoms with E-state index in [1.165, 1.54) is 4.68 Å². The molecule has 150 valence electrons. The summed E-state index contributed by atoms with van der Waals surface area (Å²) >= 11 is 0. The van der Waals surface area contributed by atoms with Crippen LogP contribution in [0.15, 0.2) is 35.3 Å². The molecule has 7 heteroatoms. The fourth-order valence-electron chi connectivity index (χ4n) is 3.20. The number of morpholine rings is 1. The fraction of sp³-hybridized carbons (Fsp3) is 0.476. The van der Waals surface area contributed by atoms with E-state index in [4.69, 9.17) is 4.74 Å². The van der Waals surface area contributed by atoms with Gasteiger partial charge in [-0.05, 0) is 30.0 Å². The van der Waals surface area contributed by atoms with Gasteiger partial charge in [-0.15, -0.1) is 0 Å². The van der Waals surface area contributed by atoms with Gasteiger partial charge in [0.2, 0.25) is 0 Å². The number of nitrogens with one attached hydrogen (secondary N) is 1. The lowest BCUT2D eigenvalue weighted by Gasteiger charge is -2.30. The molecule has 28 heavy (non-hydrogen) atoms. The minimum absolute atomic E-state index is 0.0209. The molecule has 0 aliphatic carbocycles. The molecule has 1 N–H and O–H groups in total. The van der Waals surface area contributed by atoms with Gasteiger partial charge in [-0.2, -0.15) is 5.10 Å². The number of aryl methyl sites for hydroxylation is 1. The predicted molar refractivity (Wildman–Crippen MR) is 110 cm³/mol. The second-order valence-corrected chi connectivity index (χ2v) is 7.91. The molecule has 2 aromatic rings. The number of hydrogen-bond acceptors (Lipinski definition) is 5. The van der Waals surface area contributed by atoms with E-state index in [1.54, 1.807) is 6.20 Å². The number of amides is 1. The summed E-state index contributed by atoms with van der Waals surface area (Å²) in [6.45, 7) is 11.0. The van der Waals surface area contributed by atoms with Crippen LogP contribution in [0.5, 0.6) is 0 Å². The predicted octanol–water partition coefficient (Wildman–Crippen LogP) is 2.65. The highest BCUT2D eigenvalue weighted by molar-refractivity contribution is 6.05. The first-order valence-corrected chi connectivity index (χ1v) is 9.66. The highest BCUT2D eigenvalue weighted by Gasteiger charge is 2.22. The van der Waals surface area contributed by atoms with E-state index < -0.39 is 0 Å². The van der Waals surface area contributed by atoms with Crippen molar-refractivity contribution in [3.05, 3.63) is 51.9 Å². The molecule has 1 aliphatic heterocycles. The Labute approximate surface area is 165 Å². The van der Waals surface area contributed by atoms with Gasteiger partial charge in [0.25, 0.3) is 11.5 Å². The van der Waals surface area contributed by atoms with Crippen LogP contribution >= 0.6 is 0 Å². The van der Waals surface area contributed by atoms with Crippen LogP contribution in [0.25, 0.3) is 0 Å². The van der Waals surface area contributed by atoms with E-state index in [9.17, 15) is 9.59 Å². The average Bonchev–Trinajstić information content (AvgIpc) is 2.68. The third-order valence-corrected chi connectivity index (χ3v) is 4.91. The second kappa shape index (κ2) is 8.14. The Morgan fingerprint density at radius 3 is 2.39 bits per heavy atom. The summed E-state index contributed by atoms with van der Waals surface area (Å²) in [5.74, 6) is -0.259. The molecule has 0 bridgehead atoms. The quantitative estimate of drug-likeness (QED) is 0.877. The maximum Gasteiger partial charge on any atom is 0.292 e. The Morgan fingerprint density at radius 1 is 1.18 bits per heavy atom. The Morgan fingerprint density at radius 2 is 1.82 bits per heavy atom. The number of nitrogens with zero attached hydrogens (tertiary/aromatic N) is 3. The molecule has 1 aliphatic rings. The Kier molecular flexibility index (Phi) is 5.84. The number of hydrogen-bond donors (Lipinski definition) is 1. The van der Waals surface area contributed by atoms with Crippen molar-refractivity contribution in [2.24, 2.45) is 0 Å². The normalized spacial score (nSPS) is 14.8. The second-order valence-electron chi connectivity index (χ2n) is 7.91. The Bertz CT molecular complexity index is 891. The number of ether oxygens (including phenoxy) is 1. The van der Waals surface area contributed by atoms with Crippen molar-refractivity contribution in [3.8, 4) is 0 Å². The zero-order chi connectivity index (χ0) is 20.3. The van der Waals surface area contributed by atoms with Gasteiger partial charge < -0.3 is 15.0 Å². The summed E-state index contributed by atoms with van der Waals surface area (Å²) in [6, 6.07) is 7.55. The van der Waals surface area contributed by atoms with Gasteiger partial charge in [0.05, 0.1) is 25.1 Å². The third-order valence-electron chi connectivity index (χ3n) is 4.91. The number of rotatable bonds is 4. The molecule has 7 nitrogen and oxygen atoms in total. The molecule has 1 aromatic heterocycles. The Hall–Kier alpha value is -2.67. The SMILES string of the molecule is CCn1ncc(NC(=O)c2ccc(C(C)(C)C)cc2)c(N2CCOCC2)c1=O. The van der Waals surface area contributed by atoms with Crippen molar-refractivity contribution in [3.63, 3.8) is 0 Å². The summed E-state index contributed by atoms with van der Waals surface area (Å²) in [4.78, 5) is 27.6. The molecular weight excluding hydrogens is 356 g/mol. The molecule has 0 spiro atoms. The van der Waals surface area contributed by atoms with E-state index in [0.29, 0.717) is 49.8 Å². The van der Waals surface area contributed by atoms with Gasteiger partial charge in [0, 0.05) is 25.2 Å². The largest absolute Gasteiger partial charge is 0.378 e. The lowest BCUT2D eigenvalue weighted by Crippen LogP contribution is -2.41. The van der Waals surface area contributed by atoms with E-state index in [0.717, 1.165) is 5.56 Å². The zero-order valence-electron chi connectivity index (χ0n) is 17.0. The van der Waals surface area contributed by atoms with Crippen LogP contribution in [-0.2, 0) is 16.7 Å². The topological polar surface area (TPSA) is 76.5 Å². The summed E-state index contributed by atoms with van der Waals surface area (Å²) < 4.78 is 6.79. The van der Waals surface area contributed by atoms with Crippen LogP contribution in [0.1, 0.15) is 43.6 Å². The van der Waals surface area contributed by atoms with Crippen molar-refractivity contribution in [1.82, 2.24) is 9.78 Å². The van der Waals surface area contributed by atoms with Crippen molar-refractivity contribution < 1.29 is 9.53 Å². The summed E-state index contributed by atoms with van der Waals surface area (Å²) in [5.41, 5.74) is 2.42. The van der Waals surface area contributed by atoms with Gasteiger partial charge in [-0.1, -0.05) is 32.9 Å². The first-order valence-electron chi connectivity index (χ1n) is 9.66. The minimum Gasteiger partial charge on any atom is -0.378 e. The maximum atomic E-state index is 12.9. The van der Waals surface area contributed by atoms with Crippen LogP contribution in [-0.4, -0.2) is 42.0 Å². The van der Waals surface area contributed by atoms with Crippen LogP contribution < -0.4 is 15.8 Å².